The van der Waals surface area contributed by atoms with Gasteiger partial charge in [-0.15, -0.1) is 0 Å². The van der Waals surface area contributed by atoms with Crippen molar-refractivity contribution in [3.8, 4) is 0 Å². The van der Waals surface area contributed by atoms with Gasteiger partial charge in [-0.2, -0.15) is 0 Å². The second-order valence-electron chi connectivity index (χ2n) is 6.59. The number of benzene rings is 2. The van der Waals surface area contributed by atoms with Gasteiger partial charge in [0.05, 0.1) is 0 Å². The Morgan fingerprint density at radius 3 is 1.87 bits per heavy atom. The molecule has 2 aromatic carbocycles. The van der Waals surface area contributed by atoms with Gasteiger partial charge >= 0.3 is 186 Å². The molecule has 1 aliphatic heterocycles. The van der Waals surface area contributed by atoms with Gasteiger partial charge in [-0.25, -0.2) is 0 Å². The molecule has 3 rings (SSSR count). The fourth-order valence-corrected chi connectivity index (χ4v) is 4.46. The molecular weight excluding hydrogens is 418 g/mol. The van der Waals surface area contributed by atoms with Crippen LogP contribution in [-0.4, -0.2) is 61.8 Å². The Kier molecular flexibility index (Phi) is 8.06. The van der Waals surface area contributed by atoms with E-state index in [0.717, 1.165) is 7.00 Å². The number of carbonyl (C=O) groups excluding carboxylic acids is 3. The van der Waals surface area contributed by atoms with Crippen LogP contribution >= 0.6 is 11.8 Å². The minimum atomic E-state index is -1.04. The first kappa shape index (κ1) is 22.8. The molecule has 7 nitrogen and oxygen atoms in total. The molecule has 0 aromatic heterocycles. The van der Waals surface area contributed by atoms with Gasteiger partial charge in [0.2, 0.25) is 0 Å². The van der Waals surface area contributed by atoms with Crippen molar-refractivity contribution in [3.63, 3.8) is 0 Å². The number of carbonyl (C=O) groups is 3. The van der Waals surface area contributed by atoms with Crippen molar-refractivity contribution in [3.05, 3.63) is 71.8 Å². The first-order chi connectivity index (χ1) is 15.0. The molecule has 1 heterocycles. The van der Waals surface area contributed by atoms with E-state index in [1.807, 2.05) is 0 Å². The summed E-state index contributed by atoms with van der Waals surface area (Å²) in [5, 5.41) is -0.495. The Labute approximate surface area is 185 Å². The summed E-state index contributed by atoms with van der Waals surface area (Å²) in [6.45, 7) is 1.31. The summed E-state index contributed by atoms with van der Waals surface area (Å²) in [6.07, 6.45) is -1.98. The summed E-state index contributed by atoms with van der Waals surface area (Å²) >= 11 is 1.17. The third-order valence-electron chi connectivity index (χ3n) is 4.41. The van der Waals surface area contributed by atoms with E-state index >= 15 is 0 Å². The van der Waals surface area contributed by atoms with E-state index in [4.69, 9.17) is 26.2 Å². The van der Waals surface area contributed by atoms with E-state index in [1.54, 1.807) is 60.7 Å². The van der Waals surface area contributed by atoms with Crippen LogP contribution in [-0.2, 0) is 23.7 Å². The number of thioether (sulfide) groups is 1. The third-order valence-corrected chi connectivity index (χ3v) is 5.80. The zero-order chi connectivity index (χ0) is 22.2. The molecule has 4 atom stereocenters. The first-order valence-electron chi connectivity index (χ1n) is 9.49. The summed E-state index contributed by atoms with van der Waals surface area (Å²) in [7, 11) is 6.33. The molecule has 157 valence electrons. The average molecular weight is 437 g/mol. The molecule has 0 unspecified atom stereocenters. The standard InChI is InChI=1S/C21H19B2O7S/c1-13(24)28-21-18(30-20(26)15-10-6-3-7-11-15)17(16(31-21)12-27-23-22)29-19(25)14-8-4-2-5-9-14/h2-11,16-18,21H,12H2,1H3/t16-,17-,18-,21-/m1/s1. The molecule has 1 saturated heterocycles. The zero-order valence-electron chi connectivity index (χ0n) is 16.7. The van der Waals surface area contributed by atoms with Gasteiger partial charge in [-0.3, -0.25) is 0 Å². The molecule has 1 aliphatic rings. The Bertz CT molecular complexity index is 926. The van der Waals surface area contributed by atoms with Crippen LogP contribution < -0.4 is 0 Å². The van der Waals surface area contributed by atoms with Crippen LogP contribution in [0.2, 0.25) is 0 Å². The van der Waals surface area contributed by atoms with E-state index in [-0.39, 0.29) is 6.61 Å². The van der Waals surface area contributed by atoms with Gasteiger partial charge < -0.3 is 0 Å². The van der Waals surface area contributed by atoms with Crippen molar-refractivity contribution in [2.24, 2.45) is 0 Å². The summed E-state index contributed by atoms with van der Waals surface area (Å²) < 4.78 is 21.9. The summed E-state index contributed by atoms with van der Waals surface area (Å²) in [5.41, 5.74) is -0.232. The van der Waals surface area contributed by atoms with Gasteiger partial charge in [0, 0.05) is 0 Å². The number of hydrogen-bond acceptors (Lipinski definition) is 8. The Morgan fingerprint density at radius 2 is 1.39 bits per heavy atom. The minimum absolute atomic E-state index is 0.0606. The molecule has 10 heteroatoms. The predicted molar refractivity (Wildman–Crippen MR) is 116 cm³/mol. The molecule has 0 N–H and O–H groups in total. The van der Waals surface area contributed by atoms with Crippen LogP contribution in [0.1, 0.15) is 27.6 Å². The molecule has 0 aliphatic carbocycles. The maximum absolute atomic E-state index is 12.7. The maximum atomic E-state index is 12.7. The molecule has 2 aromatic rings. The van der Waals surface area contributed by atoms with E-state index in [1.165, 1.54) is 18.7 Å². The van der Waals surface area contributed by atoms with Gasteiger partial charge in [-0.05, 0) is 0 Å². The van der Waals surface area contributed by atoms with E-state index in [9.17, 15) is 14.4 Å². The summed E-state index contributed by atoms with van der Waals surface area (Å²) in [5.74, 6) is -1.79. The molecule has 31 heavy (non-hydrogen) atoms. The van der Waals surface area contributed by atoms with E-state index < -0.39 is 40.8 Å². The van der Waals surface area contributed by atoms with Gasteiger partial charge in [0.25, 0.3) is 0 Å². The molecule has 1 radical (unpaired) electrons. The fourth-order valence-electron chi connectivity index (χ4n) is 3.03. The van der Waals surface area contributed by atoms with Crippen molar-refractivity contribution in [2.45, 2.75) is 29.8 Å². The fraction of sp³-hybridized carbons (Fsp3) is 0.286. The van der Waals surface area contributed by atoms with Gasteiger partial charge in [0.1, 0.15) is 0 Å². The van der Waals surface area contributed by atoms with Crippen molar-refractivity contribution >= 4 is 44.0 Å². The quantitative estimate of drug-likeness (QED) is 0.353. The molecular formula is C21H19B2O7S. The van der Waals surface area contributed by atoms with Crippen LogP contribution in [0.5, 0.6) is 0 Å². The van der Waals surface area contributed by atoms with Crippen molar-refractivity contribution < 1.29 is 33.2 Å². The van der Waals surface area contributed by atoms with Crippen LogP contribution in [0.15, 0.2) is 60.7 Å². The summed E-state index contributed by atoms with van der Waals surface area (Å²) in [4.78, 5) is 37.0. The number of ether oxygens (including phenoxy) is 3. The number of esters is 3. The first-order valence-corrected chi connectivity index (χ1v) is 10.4. The van der Waals surface area contributed by atoms with Crippen LogP contribution in [0.3, 0.4) is 0 Å². The van der Waals surface area contributed by atoms with Crippen molar-refractivity contribution in [2.75, 3.05) is 6.61 Å². The van der Waals surface area contributed by atoms with Crippen LogP contribution in [0.4, 0.5) is 0 Å². The topological polar surface area (TPSA) is 88.1 Å². The van der Waals surface area contributed by atoms with Crippen molar-refractivity contribution in [1.29, 1.82) is 0 Å². The Morgan fingerprint density at radius 1 is 0.871 bits per heavy atom. The number of hydrogen-bond donors (Lipinski definition) is 0. The van der Waals surface area contributed by atoms with E-state index in [0.29, 0.717) is 11.1 Å². The predicted octanol–water partition coefficient (Wildman–Crippen LogP) is 2.16. The third kappa shape index (κ3) is 6.07. The molecule has 0 amide bonds. The Hall–Kier alpha value is -2.87. The SMILES string of the molecule is [B]=BOC[C@H]1S[C@@H](OC(C)=O)[C@H](OC(=O)c2ccccc2)[C@@H]1OC(=O)c1ccccc1. The van der Waals surface area contributed by atoms with E-state index in [2.05, 4.69) is 0 Å². The molecule has 1 fully saturated rings. The molecule has 0 bridgehead atoms. The Balaban J connectivity index is 1.86. The van der Waals surface area contributed by atoms with Gasteiger partial charge in [0.15, 0.2) is 0 Å². The normalized spacial score (nSPS) is 22.1. The zero-order valence-corrected chi connectivity index (χ0v) is 17.5. The second kappa shape index (κ2) is 10.9. The average Bonchev–Trinajstić information content (AvgIpc) is 3.08. The van der Waals surface area contributed by atoms with Crippen LogP contribution in [0.25, 0.3) is 0 Å². The van der Waals surface area contributed by atoms with Crippen LogP contribution in [0, 0.1) is 0 Å². The summed E-state index contributed by atoms with van der Waals surface area (Å²) in [6, 6.07) is 16.8. The van der Waals surface area contributed by atoms with Crippen molar-refractivity contribution in [1.82, 2.24) is 0 Å². The number of rotatable bonds is 8. The second-order valence-corrected chi connectivity index (χ2v) is 7.94. The van der Waals surface area contributed by atoms with Gasteiger partial charge in [-0.1, -0.05) is 0 Å². The monoisotopic (exact) mass is 437 g/mol. The molecule has 0 saturated carbocycles. The molecule has 0 spiro atoms.